The molecule has 1 aromatic rings. The molecule has 146 valence electrons. The van der Waals surface area contributed by atoms with Crippen molar-refractivity contribution in [2.45, 2.75) is 46.3 Å². The molecular formula is C19H22ClNO5S. The van der Waals surface area contributed by atoms with E-state index < -0.39 is 23.2 Å². The summed E-state index contributed by atoms with van der Waals surface area (Å²) < 4.78 is 10.6. The Kier molecular flexibility index (Phi) is 7.33. The summed E-state index contributed by atoms with van der Waals surface area (Å²) in [6.07, 6.45) is 2.46. The number of esters is 1. The molecule has 1 fully saturated rings. The van der Waals surface area contributed by atoms with Crippen molar-refractivity contribution < 1.29 is 23.9 Å². The van der Waals surface area contributed by atoms with Crippen LogP contribution in [0.3, 0.4) is 0 Å². The van der Waals surface area contributed by atoms with Crippen LogP contribution < -0.4 is 4.74 Å². The minimum atomic E-state index is -0.974. The van der Waals surface area contributed by atoms with Gasteiger partial charge in [0.05, 0.1) is 22.6 Å². The second-order valence-electron chi connectivity index (χ2n) is 6.01. The molecule has 2 rings (SSSR count). The van der Waals surface area contributed by atoms with Crippen LogP contribution in [0.5, 0.6) is 5.75 Å². The molecule has 0 radical (unpaired) electrons. The van der Waals surface area contributed by atoms with Gasteiger partial charge in [0.25, 0.3) is 11.1 Å². The number of amides is 2. The molecule has 1 aromatic carbocycles. The Balaban J connectivity index is 2.20. The molecule has 0 saturated carbocycles. The maximum atomic E-state index is 12.6. The van der Waals surface area contributed by atoms with Crippen LogP contribution in [0.15, 0.2) is 23.1 Å². The first-order valence-corrected chi connectivity index (χ1v) is 9.87. The van der Waals surface area contributed by atoms with Gasteiger partial charge in [0.15, 0.2) is 0 Å². The summed E-state index contributed by atoms with van der Waals surface area (Å²) in [4.78, 5) is 37.7. The SMILES string of the molecule is CCOC(=O)[C@@H](C)N1C(=O)S/C(=C/c2ccc(O[C@H](C)CC)c(Cl)c2)C1=O. The van der Waals surface area contributed by atoms with E-state index in [2.05, 4.69) is 0 Å². The number of rotatable bonds is 7. The normalized spacial score (nSPS) is 18.0. The van der Waals surface area contributed by atoms with Gasteiger partial charge in [-0.25, -0.2) is 4.79 Å². The number of carbonyl (C=O) groups is 3. The van der Waals surface area contributed by atoms with Gasteiger partial charge in [0, 0.05) is 0 Å². The zero-order valence-electron chi connectivity index (χ0n) is 15.7. The van der Waals surface area contributed by atoms with Crippen molar-refractivity contribution in [3.05, 3.63) is 33.7 Å². The lowest BCUT2D eigenvalue weighted by atomic mass is 10.2. The van der Waals surface area contributed by atoms with Gasteiger partial charge in [-0.05, 0) is 62.7 Å². The average molecular weight is 412 g/mol. The smallest absolute Gasteiger partial charge is 0.329 e. The Bertz CT molecular complexity index is 779. The fourth-order valence-electron chi connectivity index (χ4n) is 2.34. The average Bonchev–Trinajstić information content (AvgIpc) is 2.90. The summed E-state index contributed by atoms with van der Waals surface area (Å²) in [5, 5.41) is -0.0854. The van der Waals surface area contributed by atoms with Gasteiger partial charge in [0.2, 0.25) is 0 Å². The number of thioether (sulfide) groups is 1. The van der Waals surface area contributed by atoms with E-state index in [9.17, 15) is 14.4 Å². The van der Waals surface area contributed by atoms with Gasteiger partial charge in [-0.1, -0.05) is 24.6 Å². The van der Waals surface area contributed by atoms with Crippen molar-refractivity contribution >= 4 is 46.6 Å². The van der Waals surface area contributed by atoms with Crippen molar-refractivity contribution in [1.29, 1.82) is 0 Å². The number of halogens is 1. The number of hydrogen-bond acceptors (Lipinski definition) is 6. The zero-order valence-corrected chi connectivity index (χ0v) is 17.2. The first-order chi connectivity index (χ1) is 12.8. The Morgan fingerprint density at radius 2 is 2.00 bits per heavy atom. The van der Waals surface area contributed by atoms with Gasteiger partial charge in [-0.3, -0.25) is 14.5 Å². The number of hydrogen-bond donors (Lipinski definition) is 0. The maximum absolute atomic E-state index is 12.6. The van der Waals surface area contributed by atoms with Crippen molar-refractivity contribution in [3.63, 3.8) is 0 Å². The molecule has 0 N–H and O–H groups in total. The van der Waals surface area contributed by atoms with Crippen molar-refractivity contribution in [1.82, 2.24) is 4.90 Å². The van der Waals surface area contributed by atoms with Crippen LogP contribution in [0.25, 0.3) is 6.08 Å². The summed E-state index contributed by atoms with van der Waals surface area (Å²) in [5.74, 6) is -0.579. The summed E-state index contributed by atoms with van der Waals surface area (Å²) in [7, 11) is 0. The standard InChI is InChI=1S/C19H22ClNO5S/c1-5-11(3)26-15-8-7-13(9-14(15)20)10-16-17(22)21(19(24)27-16)12(4)18(23)25-6-2/h7-12H,5-6H2,1-4H3/b16-10+/t11-,12-/m1/s1. The van der Waals surface area contributed by atoms with Crippen LogP contribution >= 0.6 is 23.4 Å². The molecule has 0 unspecified atom stereocenters. The van der Waals surface area contributed by atoms with E-state index >= 15 is 0 Å². The highest BCUT2D eigenvalue weighted by atomic mass is 35.5. The third-order valence-corrected chi connectivity index (χ3v) is 5.17. The Morgan fingerprint density at radius 3 is 2.59 bits per heavy atom. The number of carbonyl (C=O) groups excluding carboxylic acids is 3. The Labute approximate surface area is 167 Å². The second-order valence-corrected chi connectivity index (χ2v) is 7.41. The molecule has 0 aromatic heterocycles. The maximum Gasteiger partial charge on any atom is 0.329 e. The van der Waals surface area contributed by atoms with E-state index in [1.54, 1.807) is 31.2 Å². The molecule has 1 saturated heterocycles. The largest absolute Gasteiger partial charge is 0.489 e. The van der Waals surface area contributed by atoms with E-state index in [1.165, 1.54) is 6.92 Å². The van der Waals surface area contributed by atoms with E-state index in [0.717, 1.165) is 23.1 Å². The third-order valence-electron chi connectivity index (χ3n) is 4.00. The highest BCUT2D eigenvalue weighted by molar-refractivity contribution is 8.18. The highest BCUT2D eigenvalue weighted by Crippen LogP contribution is 2.35. The third kappa shape index (κ3) is 5.05. The molecule has 0 spiro atoms. The predicted molar refractivity (Wildman–Crippen MR) is 106 cm³/mol. The second kappa shape index (κ2) is 9.28. The molecule has 6 nitrogen and oxygen atoms in total. The van der Waals surface area contributed by atoms with Gasteiger partial charge in [-0.15, -0.1) is 0 Å². The number of nitrogens with zero attached hydrogens (tertiary/aromatic N) is 1. The lowest BCUT2D eigenvalue weighted by Crippen LogP contribution is -2.42. The van der Waals surface area contributed by atoms with E-state index in [4.69, 9.17) is 21.1 Å². The lowest BCUT2D eigenvalue weighted by molar-refractivity contribution is -0.150. The molecule has 1 aliphatic heterocycles. The topological polar surface area (TPSA) is 72.9 Å². The van der Waals surface area contributed by atoms with Crippen LogP contribution in [0.4, 0.5) is 4.79 Å². The molecule has 27 heavy (non-hydrogen) atoms. The Morgan fingerprint density at radius 1 is 1.30 bits per heavy atom. The van der Waals surface area contributed by atoms with Gasteiger partial charge in [0.1, 0.15) is 11.8 Å². The summed E-state index contributed by atoms with van der Waals surface area (Å²) in [6.45, 7) is 7.27. The van der Waals surface area contributed by atoms with Crippen molar-refractivity contribution in [2.24, 2.45) is 0 Å². The Hall–Kier alpha value is -1.99. The summed E-state index contributed by atoms with van der Waals surface area (Å²) in [5.41, 5.74) is 0.658. The summed E-state index contributed by atoms with van der Waals surface area (Å²) >= 11 is 7.03. The van der Waals surface area contributed by atoms with Crippen molar-refractivity contribution in [2.75, 3.05) is 6.61 Å². The fourth-order valence-corrected chi connectivity index (χ4v) is 3.48. The summed E-state index contributed by atoms with van der Waals surface area (Å²) in [6, 6.07) is 4.18. The lowest BCUT2D eigenvalue weighted by Gasteiger charge is -2.19. The molecular weight excluding hydrogens is 390 g/mol. The van der Waals surface area contributed by atoms with Gasteiger partial charge >= 0.3 is 5.97 Å². The van der Waals surface area contributed by atoms with Gasteiger partial charge in [-0.2, -0.15) is 0 Å². The zero-order chi connectivity index (χ0) is 20.1. The van der Waals surface area contributed by atoms with Crippen LogP contribution in [0, 0.1) is 0 Å². The van der Waals surface area contributed by atoms with Crippen LogP contribution in [0.2, 0.25) is 5.02 Å². The van der Waals surface area contributed by atoms with Crippen LogP contribution in [0.1, 0.15) is 39.7 Å². The molecule has 2 amide bonds. The van der Waals surface area contributed by atoms with Gasteiger partial charge < -0.3 is 9.47 Å². The fraction of sp³-hybridized carbons (Fsp3) is 0.421. The van der Waals surface area contributed by atoms with E-state index in [1.807, 2.05) is 13.8 Å². The molecule has 2 atom stereocenters. The van der Waals surface area contributed by atoms with E-state index in [-0.39, 0.29) is 17.6 Å². The minimum Gasteiger partial charge on any atom is -0.489 e. The van der Waals surface area contributed by atoms with Crippen LogP contribution in [-0.4, -0.2) is 40.8 Å². The first kappa shape index (κ1) is 21.3. The monoisotopic (exact) mass is 411 g/mol. The minimum absolute atomic E-state index is 0.0363. The van der Waals surface area contributed by atoms with Crippen molar-refractivity contribution in [3.8, 4) is 5.75 Å². The molecule has 8 heteroatoms. The quantitative estimate of drug-likeness (QED) is 0.485. The predicted octanol–water partition coefficient (Wildman–Crippen LogP) is 4.51. The number of ether oxygens (including phenoxy) is 2. The number of benzene rings is 1. The van der Waals surface area contributed by atoms with E-state index in [0.29, 0.717) is 16.3 Å². The molecule has 0 bridgehead atoms. The molecule has 1 aliphatic rings. The molecule has 0 aliphatic carbocycles. The van der Waals surface area contributed by atoms with Crippen LogP contribution in [-0.2, 0) is 14.3 Å². The highest BCUT2D eigenvalue weighted by Gasteiger charge is 2.41. The first-order valence-electron chi connectivity index (χ1n) is 8.68. The number of imide groups is 1. The molecule has 1 heterocycles.